The maximum atomic E-state index is 12.3. The van der Waals surface area contributed by atoms with Gasteiger partial charge in [-0.1, -0.05) is 11.6 Å². The Morgan fingerprint density at radius 2 is 2.20 bits per heavy atom. The second kappa shape index (κ2) is 6.75. The summed E-state index contributed by atoms with van der Waals surface area (Å²) in [5.74, 6) is -0.478. The average Bonchev–Trinajstić information content (AvgIpc) is 3.04. The molecule has 0 radical (unpaired) electrons. The minimum atomic E-state index is -0.478. The molecule has 3 aromatic rings. The van der Waals surface area contributed by atoms with E-state index in [1.807, 2.05) is 13.1 Å². The molecular formula is C18H13ClN4O2. The number of allylic oxidation sites excluding steroid dienone is 1. The van der Waals surface area contributed by atoms with E-state index in [4.69, 9.17) is 21.6 Å². The van der Waals surface area contributed by atoms with E-state index >= 15 is 0 Å². The third-order valence-corrected chi connectivity index (χ3v) is 4.08. The van der Waals surface area contributed by atoms with E-state index in [2.05, 4.69) is 9.97 Å². The third kappa shape index (κ3) is 3.10. The fraction of sp³-hybridized carbons (Fsp3) is 0.111. The van der Waals surface area contributed by atoms with E-state index < -0.39 is 5.97 Å². The highest BCUT2D eigenvalue weighted by atomic mass is 35.5. The van der Waals surface area contributed by atoms with Gasteiger partial charge in [0.05, 0.1) is 53.2 Å². The second-order valence-corrected chi connectivity index (χ2v) is 5.70. The molecule has 0 amide bonds. The van der Waals surface area contributed by atoms with Crippen LogP contribution in [-0.4, -0.2) is 27.6 Å². The molecule has 0 saturated heterocycles. The smallest absolute Gasteiger partial charge is 0.338 e. The molecule has 0 N–H and O–H groups in total. The molecule has 6 nitrogen and oxygen atoms in total. The third-order valence-electron chi connectivity index (χ3n) is 3.75. The van der Waals surface area contributed by atoms with Crippen molar-refractivity contribution in [3.8, 4) is 17.5 Å². The number of nitriles is 1. The number of hydrogen-bond donors (Lipinski definition) is 0. The maximum Gasteiger partial charge on any atom is 0.338 e. The molecule has 0 bridgehead atoms. The van der Waals surface area contributed by atoms with Gasteiger partial charge < -0.3 is 9.30 Å². The Morgan fingerprint density at radius 3 is 2.84 bits per heavy atom. The van der Waals surface area contributed by atoms with Crippen molar-refractivity contribution in [1.29, 1.82) is 5.26 Å². The molecule has 0 aliphatic rings. The van der Waals surface area contributed by atoms with Gasteiger partial charge in [0.2, 0.25) is 0 Å². The number of hydrogen-bond acceptors (Lipinski definition) is 5. The number of methoxy groups -OCH3 is 1. The van der Waals surface area contributed by atoms with Crippen LogP contribution in [0.5, 0.6) is 0 Å². The van der Waals surface area contributed by atoms with Gasteiger partial charge in [-0.3, -0.25) is 0 Å². The van der Waals surface area contributed by atoms with Crippen LogP contribution in [0, 0.1) is 11.3 Å². The molecule has 0 spiro atoms. The molecule has 0 atom stereocenters. The molecule has 124 valence electrons. The van der Waals surface area contributed by atoms with Gasteiger partial charge in [0.1, 0.15) is 0 Å². The van der Waals surface area contributed by atoms with Gasteiger partial charge in [0, 0.05) is 18.5 Å². The first-order valence-corrected chi connectivity index (χ1v) is 7.68. The average molecular weight is 353 g/mol. The number of carbonyl (C=O) groups is 1. The lowest BCUT2D eigenvalue weighted by molar-refractivity contribution is 0.0603. The van der Waals surface area contributed by atoms with Crippen LogP contribution >= 0.6 is 11.6 Å². The largest absolute Gasteiger partial charge is 0.465 e. The molecule has 0 saturated carbocycles. The number of fused-ring (bicyclic) bond motifs is 1. The monoisotopic (exact) mass is 352 g/mol. The lowest BCUT2D eigenvalue weighted by Crippen LogP contribution is -2.05. The van der Waals surface area contributed by atoms with Gasteiger partial charge in [0.25, 0.3) is 0 Å². The quantitative estimate of drug-likeness (QED) is 0.531. The summed E-state index contributed by atoms with van der Waals surface area (Å²) in [5.41, 5.74) is 2.89. The molecule has 0 aliphatic carbocycles. The van der Waals surface area contributed by atoms with Crippen LogP contribution < -0.4 is 0 Å². The Labute approximate surface area is 148 Å². The zero-order chi connectivity index (χ0) is 18.0. The molecule has 25 heavy (non-hydrogen) atoms. The molecule has 7 heteroatoms. The van der Waals surface area contributed by atoms with E-state index in [1.165, 1.54) is 13.2 Å². The molecule has 0 unspecified atom stereocenters. The van der Waals surface area contributed by atoms with Gasteiger partial charge in [-0.2, -0.15) is 5.26 Å². The number of carbonyl (C=O) groups excluding carboxylic acids is 1. The van der Waals surface area contributed by atoms with Crippen molar-refractivity contribution in [3.63, 3.8) is 0 Å². The fourth-order valence-electron chi connectivity index (χ4n) is 2.53. The normalized spacial score (nSPS) is 11.0. The van der Waals surface area contributed by atoms with Crippen LogP contribution in [0.15, 0.2) is 36.8 Å². The number of esters is 1. The fourth-order valence-corrected chi connectivity index (χ4v) is 2.75. The number of ether oxygens (including phenoxy) is 1. The maximum absolute atomic E-state index is 12.3. The van der Waals surface area contributed by atoms with Gasteiger partial charge in [-0.25, -0.2) is 14.8 Å². The number of imidazole rings is 1. The zero-order valence-corrected chi connectivity index (χ0v) is 14.3. The molecule has 0 aliphatic heterocycles. The van der Waals surface area contributed by atoms with Gasteiger partial charge in [-0.15, -0.1) is 0 Å². The Morgan fingerprint density at radius 1 is 1.40 bits per heavy atom. The lowest BCUT2D eigenvalue weighted by atomic mass is 10.0. The molecule has 2 heterocycles. The Bertz CT molecular complexity index is 1050. The highest BCUT2D eigenvalue weighted by Crippen LogP contribution is 2.30. The molecular weight excluding hydrogens is 340 g/mol. The van der Waals surface area contributed by atoms with E-state index in [9.17, 15) is 4.79 Å². The van der Waals surface area contributed by atoms with Crippen LogP contribution in [0.2, 0.25) is 5.02 Å². The summed E-state index contributed by atoms with van der Waals surface area (Å²) in [6.07, 6.45) is 6.23. The molecule has 2 aromatic heterocycles. The summed E-state index contributed by atoms with van der Waals surface area (Å²) >= 11 is 6.28. The van der Waals surface area contributed by atoms with Crippen molar-refractivity contribution in [2.45, 2.75) is 0 Å². The summed E-state index contributed by atoms with van der Waals surface area (Å²) in [5, 5.41) is 9.74. The van der Waals surface area contributed by atoms with Crippen molar-refractivity contribution < 1.29 is 9.53 Å². The first-order valence-electron chi connectivity index (χ1n) is 7.30. The van der Waals surface area contributed by atoms with Crippen LogP contribution in [-0.2, 0) is 11.8 Å². The number of pyridine rings is 1. The van der Waals surface area contributed by atoms with E-state index in [0.717, 1.165) is 5.69 Å². The zero-order valence-electron chi connectivity index (χ0n) is 13.5. The van der Waals surface area contributed by atoms with Crippen molar-refractivity contribution in [2.24, 2.45) is 7.05 Å². The van der Waals surface area contributed by atoms with Crippen LogP contribution in [0.25, 0.3) is 28.4 Å². The first-order chi connectivity index (χ1) is 12.0. The van der Waals surface area contributed by atoms with Crippen molar-refractivity contribution >= 4 is 34.5 Å². The number of aryl methyl sites for hydroxylation is 1. The number of nitrogens with zero attached hydrogens (tertiary/aromatic N) is 4. The Balaban J connectivity index is 2.32. The summed E-state index contributed by atoms with van der Waals surface area (Å²) in [4.78, 5) is 20.9. The molecule has 1 aromatic carbocycles. The SMILES string of the molecule is COC(=O)c1cc(-c2cncn2C)nc2cc(Cl)c(/C=C/C#N)cc12. The molecule has 3 rings (SSSR count). The number of benzene rings is 1. The first kappa shape index (κ1) is 16.7. The minimum Gasteiger partial charge on any atom is -0.465 e. The van der Waals surface area contributed by atoms with Crippen molar-refractivity contribution in [3.05, 3.63) is 52.9 Å². The summed E-state index contributed by atoms with van der Waals surface area (Å²) in [6.45, 7) is 0. The van der Waals surface area contributed by atoms with Gasteiger partial charge in [0.15, 0.2) is 0 Å². The number of aromatic nitrogens is 3. The highest BCUT2D eigenvalue weighted by molar-refractivity contribution is 6.33. The Kier molecular flexibility index (Phi) is 4.50. The van der Waals surface area contributed by atoms with E-state index in [-0.39, 0.29) is 0 Å². The topological polar surface area (TPSA) is 80.8 Å². The summed E-state index contributed by atoms with van der Waals surface area (Å²) in [7, 11) is 3.17. The summed E-state index contributed by atoms with van der Waals surface area (Å²) in [6, 6.07) is 6.97. The summed E-state index contributed by atoms with van der Waals surface area (Å²) < 4.78 is 6.71. The van der Waals surface area contributed by atoms with Gasteiger partial charge >= 0.3 is 5.97 Å². The van der Waals surface area contributed by atoms with Crippen molar-refractivity contribution in [1.82, 2.24) is 14.5 Å². The van der Waals surface area contributed by atoms with E-state index in [1.54, 1.807) is 41.4 Å². The number of halogens is 1. The highest BCUT2D eigenvalue weighted by Gasteiger charge is 2.17. The van der Waals surface area contributed by atoms with E-state index in [0.29, 0.717) is 32.7 Å². The predicted molar refractivity (Wildman–Crippen MR) is 94.9 cm³/mol. The lowest BCUT2D eigenvalue weighted by Gasteiger charge is -2.10. The van der Waals surface area contributed by atoms with Crippen LogP contribution in [0.3, 0.4) is 0 Å². The standard InChI is InChI=1S/C18H13ClN4O2/c1-23-10-21-9-17(23)16-7-13(18(24)25-2)12-6-11(4-3-5-20)14(19)8-15(12)22-16/h3-4,6-10H,1-2H3/b4-3+. The van der Waals surface area contributed by atoms with Gasteiger partial charge in [-0.05, 0) is 29.8 Å². The van der Waals surface area contributed by atoms with Crippen LogP contribution in [0.4, 0.5) is 0 Å². The van der Waals surface area contributed by atoms with Crippen LogP contribution in [0.1, 0.15) is 15.9 Å². The predicted octanol–water partition coefficient (Wildman–Crippen LogP) is 3.61. The second-order valence-electron chi connectivity index (χ2n) is 5.29. The minimum absolute atomic E-state index is 0.368. The number of rotatable bonds is 3. The van der Waals surface area contributed by atoms with Crippen molar-refractivity contribution in [2.75, 3.05) is 7.11 Å². The Hall–Kier alpha value is -3.17. The molecule has 0 fully saturated rings.